The van der Waals surface area contributed by atoms with Crippen molar-refractivity contribution in [1.82, 2.24) is 14.6 Å². The van der Waals surface area contributed by atoms with Gasteiger partial charge in [-0.3, -0.25) is 9.69 Å². The third-order valence-corrected chi connectivity index (χ3v) is 6.25. The first-order valence-electron chi connectivity index (χ1n) is 10.6. The van der Waals surface area contributed by atoms with Crippen molar-refractivity contribution >= 4 is 28.5 Å². The topological polar surface area (TPSA) is 61.6 Å². The molecule has 0 spiro atoms. The second kappa shape index (κ2) is 8.65. The highest BCUT2D eigenvalue weighted by Gasteiger charge is 2.28. The Bertz CT molecular complexity index is 1280. The maximum absolute atomic E-state index is 12.6. The van der Waals surface area contributed by atoms with Gasteiger partial charge in [-0.25, -0.2) is 4.98 Å². The molecule has 1 aliphatic heterocycles. The molecule has 2 heterocycles. The Morgan fingerprint density at radius 3 is 2.16 bits per heavy atom. The minimum Gasteiger partial charge on any atom is -0.422 e. The summed E-state index contributed by atoms with van der Waals surface area (Å²) in [5, 5.41) is 11.6. The zero-order valence-electron chi connectivity index (χ0n) is 17.4. The van der Waals surface area contributed by atoms with Gasteiger partial charge >= 0.3 is 0 Å². The molecule has 0 amide bonds. The second-order valence-corrected chi connectivity index (χ2v) is 8.37. The SMILES string of the molecule is O=c1c2ccccc2nc(N2CCN(C(c3ccccc3)c3ccc(Cl)cc3)CC2)n1O. The lowest BCUT2D eigenvalue weighted by Crippen LogP contribution is -2.49. The zero-order chi connectivity index (χ0) is 22.1. The molecule has 1 aliphatic rings. The number of para-hydroxylation sites is 1. The number of fused-ring (bicyclic) bond motifs is 1. The molecule has 7 heteroatoms. The molecule has 0 radical (unpaired) electrons. The number of nitrogens with zero attached hydrogens (tertiary/aromatic N) is 4. The van der Waals surface area contributed by atoms with E-state index in [9.17, 15) is 10.0 Å². The number of anilines is 1. The van der Waals surface area contributed by atoms with Gasteiger partial charge in [-0.2, -0.15) is 0 Å². The molecule has 1 N–H and O–H groups in total. The van der Waals surface area contributed by atoms with Crippen LogP contribution in [0, 0.1) is 0 Å². The number of hydrogen-bond acceptors (Lipinski definition) is 5. The van der Waals surface area contributed by atoms with E-state index < -0.39 is 5.56 Å². The van der Waals surface area contributed by atoms with Crippen molar-refractivity contribution < 1.29 is 5.21 Å². The average molecular weight is 447 g/mol. The van der Waals surface area contributed by atoms with Gasteiger partial charge in [0.1, 0.15) is 0 Å². The molecule has 0 saturated carbocycles. The van der Waals surface area contributed by atoms with Crippen LogP contribution >= 0.6 is 11.6 Å². The maximum Gasteiger partial charge on any atom is 0.295 e. The summed E-state index contributed by atoms with van der Waals surface area (Å²) < 4.78 is 0.672. The minimum atomic E-state index is -0.448. The van der Waals surface area contributed by atoms with Crippen molar-refractivity contribution in [1.29, 1.82) is 0 Å². The molecular formula is C25H23ClN4O2. The first-order chi connectivity index (χ1) is 15.6. The lowest BCUT2D eigenvalue weighted by Gasteiger charge is -2.40. The van der Waals surface area contributed by atoms with E-state index in [0.29, 0.717) is 33.7 Å². The Kier molecular flexibility index (Phi) is 5.55. The summed E-state index contributed by atoms with van der Waals surface area (Å²) in [5.74, 6) is 0.288. The molecule has 5 rings (SSSR count). The van der Waals surface area contributed by atoms with Crippen LogP contribution < -0.4 is 10.5 Å². The standard InChI is InChI=1S/C25H23ClN4O2/c26-20-12-10-19(11-13-20)23(18-6-2-1-3-7-18)28-14-16-29(17-15-28)25-27-22-9-5-4-8-21(22)24(31)30(25)32/h1-13,23,32H,14-17H2. The van der Waals surface area contributed by atoms with Crippen LogP contribution in [0.15, 0.2) is 83.7 Å². The fraction of sp³-hybridized carbons (Fsp3) is 0.200. The first kappa shape index (κ1) is 20.5. The second-order valence-electron chi connectivity index (χ2n) is 7.93. The number of benzene rings is 3. The number of halogens is 1. The Balaban J connectivity index is 1.42. The van der Waals surface area contributed by atoms with Crippen LogP contribution in [0.2, 0.25) is 5.02 Å². The van der Waals surface area contributed by atoms with Gasteiger partial charge in [0, 0.05) is 31.2 Å². The normalized spacial score (nSPS) is 15.7. The molecule has 0 bridgehead atoms. The summed E-state index contributed by atoms with van der Waals surface area (Å²) in [6.45, 7) is 2.79. The van der Waals surface area contributed by atoms with E-state index >= 15 is 0 Å². The summed E-state index contributed by atoms with van der Waals surface area (Å²) in [7, 11) is 0. The van der Waals surface area contributed by atoms with Crippen LogP contribution in [0.25, 0.3) is 10.9 Å². The van der Waals surface area contributed by atoms with Crippen molar-refractivity contribution in [3.05, 3.63) is 105 Å². The van der Waals surface area contributed by atoms with Crippen molar-refractivity contribution in [2.75, 3.05) is 31.1 Å². The molecule has 3 aromatic carbocycles. The fourth-order valence-electron chi connectivity index (χ4n) is 4.39. The molecule has 1 unspecified atom stereocenters. The van der Waals surface area contributed by atoms with Crippen LogP contribution in [0.1, 0.15) is 17.2 Å². The van der Waals surface area contributed by atoms with Crippen LogP contribution in [0.4, 0.5) is 5.95 Å². The highest BCUT2D eigenvalue weighted by molar-refractivity contribution is 6.30. The van der Waals surface area contributed by atoms with E-state index in [2.05, 4.69) is 46.3 Å². The van der Waals surface area contributed by atoms with Crippen molar-refractivity contribution in [2.24, 2.45) is 0 Å². The third kappa shape index (κ3) is 3.83. The van der Waals surface area contributed by atoms with E-state index in [1.165, 1.54) is 11.1 Å². The zero-order valence-corrected chi connectivity index (χ0v) is 18.2. The molecule has 162 valence electrons. The summed E-state index contributed by atoms with van der Waals surface area (Å²) >= 11 is 6.13. The maximum atomic E-state index is 12.6. The van der Waals surface area contributed by atoms with Crippen molar-refractivity contribution in [3.63, 3.8) is 0 Å². The lowest BCUT2D eigenvalue weighted by molar-refractivity contribution is 0.167. The van der Waals surface area contributed by atoms with E-state index in [0.717, 1.165) is 13.1 Å². The van der Waals surface area contributed by atoms with E-state index in [4.69, 9.17) is 11.6 Å². The number of piperazine rings is 1. The number of rotatable bonds is 4. The van der Waals surface area contributed by atoms with E-state index in [-0.39, 0.29) is 12.0 Å². The summed E-state index contributed by atoms with van der Waals surface area (Å²) in [5.41, 5.74) is 2.53. The van der Waals surface area contributed by atoms with Crippen LogP contribution in [-0.2, 0) is 0 Å². The average Bonchev–Trinajstić information content (AvgIpc) is 2.84. The molecule has 1 atom stereocenters. The summed E-state index contributed by atoms with van der Waals surface area (Å²) in [6.07, 6.45) is 0. The van der Waals surface area contributed by atoms with E-state index in [1.807, 2.05) is 29.2 Å². The lowest BCUT2D eigenvalue weighted by atomic mass is 9.96. The molecule has 32 heavy (non-hydrogen) atoms. The van der Waals surface area contributed by atoms with Crippen LogP contribution in [-0.4, -0.2) is 46.0 Å². The predicted octanol–water partition coefficient (Wildman–Crippen LogP) is 4.20. The van der Waals surface area contributed by atoms with Gasteiger partial charge in [0.2, 0.25) is 5.95 Å². The molecule has 1 saturated heterocycles. The molecule has 4 aromatic rings. The smallest absolute Gasteiger partial charge is 0.295 e. The molecule has 0 aliphatic carbocycles. The Morgan fingerprint density at radius 1 is 0.812 bits per heavy atom. The van der Waals surface area contributed by atoms with Gasteiger partial charge in [-0.15, -0.1) is 4.73 Å². The van der Waals surface area contributed by atoms with Crippen molar-refractivity contribution in [3.8, 4) is 0 Å². The van der Waals surface area contributed by atoms with Crippen molar-refractivity contribution in [2.45, 2.75) is 6.04 Å². The Morgan fingerprint density at radius 2 is 1.44 bits per heavy atom. The summed E-state index contributed by atoms with van der Waals surface area (Å²) in [4.78, 5) is 21.5. The quantitative estimate of drug-likeness (QED) is 0.476. The first-order valence-corrected chi connectivity index (χ1v) is 11.0. The molecule has 6 nitrogen and oxygen atoms in total. The molecule has 1 fully saturated rings. The highest BCUT2D eigenvalue weighted by atomic mass is 35.5. The largest absolute Gasteiger partial charge is 0.422 e. The highest BCUT2D eigenvalue weighted by Crippen LogP contribution is 2.31. The Hall–Kier alpha value is -3.35. The van der Waals surface area contributed by atoms with Gasteiger partial charge in [-0.1, -0.05) is 66.2 Å². The Labute approximate surface area is 190 Å². The predicted molar refractivity (Wildman–Crippen MR) is 127 cm³/mol. The van der Waals surface area contributed by atoms with Gasteiger partial charge in [0.25, 0.3) is 5.56 Å². The number of hydrogen-bond donors (Lipinski definition) is 1. The fourth-order valence-corrected chi connectivity index (χ4v) is 4.52. The van der Waals surface area contributed by atoms with Gasteiger partial charge in [0.05, 0.1) is 16.9 Å². The van der Waals surface area contributed by atoms with Gasteiger partial charge < -0.3 is 10.1 Å². The van der Waals surface area contributed by atoms with Gasteiger partial charge in [0.15, 0.2) is 0 Å². The van der Waals surface area contributed by atoms with E-state index in [1.54, 1.807) is 18.2 Å². The minimum absolute atomic E-state index is 0.0940. The summed E-state index contributed by atoms with van der Waals surface area (Å²) in [6, 6.07) is 25.6. The van der Waals surface area contributed by atoms with Crippen LogP contribution in [0.5, 0.6) is 0 Å². The molecule has 1 aromatic heterocycles. The third-order valence-electron chi connectivity index (χ3n) is 6.00. The number of aromatic nitrogens is 2. The van der Waals surface area contributed by atoms with Gasteiger partial charge in [-0.05, 0) is 35.4 Å². The molecular weight excluding hydrogens is 424 g/mol. The van der Waals surface area contributed by atoms with Crippen LogP contribution in [0.3, 0.4) is 0 Å². The monoisotopic (exact) mass is 446 g/mol.